The summed E-state index contributed by atoms with van der Waals surface area (Å²) >= 11 is 0. The van der Waals surface area contributed by atoms with Crippen molar-refractivity contribution in [2.24, 2.45) is 0 Å². The molecule has 2 atom stereocenters. The van der Waals surface area contributed by atoms with Gasteiger partial charge in [-0.15, -0.1) is 0 Å². The van der Waals surface area contributed by atoms with Crippen LogP contribution in [0.25, 0.3) is 0 Å². The standard InChI is InChI=1S/C13H24N2/c1-11(2)7-10-15-9-4-6-13(15)12-5-3-8-14-12/h7,12-14H,3-6,8-10H2,1-2H3. The number of rotatable bonds is 3. The van der Waals surface area contributed by atoms with Gasteiger partial charge < -0.3 is 5.32 Å². The van der Waals surface area contributed by atoms with E-state index in [0.29, 0.717) is 0 Å². The molecule has 2 saturated heterocycles. The second-order valence-electron chi connectivity index (χ2n) is 5.19. The Morgan fingerprint density at radius 1 is 1.33 bits per heavy atom. The van der Waals surface area contributed by atoms with Gasteiger partial charge in [0.15, 0.2) is 0 Å². The van der Waals surface area contributed by atoms with Crippen molar-refractivity contribution in [3.63, 3.8) is 0 Å². The smallest absolute Gasteiger partial charge is 0.0253 e. The number of allylic oxidation sites excluding steroid dienone is 1. The van der Waals surface area contributed by atoms with E-state index in [0.717, 1.165) is 18.6 Å². The number of hydrogen-bond donors (Lipinski definition) is 1. The topological polar surface area (TPSA) is 15.3 Å². The maximum absolute atomic E-state index is 3.65. The number of nitrogens with one attached hydrogen (secondary N) is 1. The van der Waals surface area contributed by atoms with Crippen LogP contribution in [-0.2, 0) is 0 Å². The molecule has 2 aliphatic rings. The maximum atomic E-state index is 3.65. The Morgan fingerprint density at radius 3 is 2.87 bits per heavy atom. The molecular formula is C13H24N2. The molecule has 1 N–H and O–H groups in total. The van der Waals surface area contributed by atoms with Crippen LogP contribution in [0.5, 0.6) is 0 Å². The quantitative estimate of drug-likeness (QED) is 0.715. The van der Waals surface area contributed by atoms with Gasteiger partial charge in [0.25, 0.3) is 0 Å². The van der Waals surface area contributed by atoms with Gasteiger partial charge in [-0.2, -0.15) is 0 Å². The summed E-state index contributed by atoms with van der Waals surface area (Å²) in [5.74, 6) is 0. The van der Waals surface area contributed by atoms with E-state index < -0.39 is 0 Å². The highest BCUT2D eigenvalue weighted by Gasteiger charge is 2.32. The van der Waals surface area contributed by atoms with Crippen molar-refractivity contribution in [1.29, 1.82) is 0 Å². The summed E-state index contributed by atoms with van der Waals surface area (Å²) in [7, 11) is 0. The Balaban J connectivity index is 1.89. The van der Waals surface area contributed by atoms with Gasteiger partial charge in [0, 0.05) is 18.6 Å². The highest BCUT2D eigenvalue weighted by Crippen LogP contribution is 2.24. The van der Waals surface area contributed by atoms with Crippen LogP contribution in [-0.4, -0.2) is 36.6 Å². The number of likely N-dealkylation sites (tertiary alicyclic amines) is 1. The second kappa shape index (κ2) is 5.13. The van der Waals surface area contributed by atoms with Crippen LogP contribution in [0, 0.1) is 0 Å². The SMILES string of the molecule is CC(C)=CCN1CCCC1C1CCCN1. The molecule has 2 fully saturated rings. The molecule has 0 saturated carbocycles. The van der Waals surface area contributed by atoms with Gasteiger partial charge >= 0.3 is 0 Å². The van der Waals surface area contributed by atoms with E-state index in [-0.39, 0.29) is 0 Å². The fourth-order valence-corrected chi connectivity index (χ4v) is 2.87. The zero-order valence-corrected chi connectivity index (χ0v) is 10.1. The molecule has 0 aromatic rings. The average molecular weight is 208 g/mol. The van der Waals surface area contributed by atoms with Crippen LogP contribution < -0.4 is 5.32 Å². The van der Waals surface area contributed by atoms with Crippen LogP contribution in [0.15, 0.2) is 11.6 Å². The number of hydrogen-bond acceptors (Lipinski definition) is 2. The molecule has 15 heavy (non-hydrogen) atoms. The minimum atomic E-state index is 0.776. The predicted octanol–water partition coefficient (Wildman–Crippen LogP) is 2.17. The Bertz CT molecular complexity index is 225. The first-order valence-electron chi connectivity index (χ1n) is 6.38. The summed E-state index contributed by atoms with van der Waals surface area (Å²) in [5.41, 5.74) is 1.44. The molecule has 2 heteroatoms. The summed E-state index contributed by atoms with van der Waals surface area (Å²) in [6, 6.07) is 1.58. The van der Waals surface area contributed by atoms with Gasteiger partial charge in [0.2, 0.25) is 0 Å². The predicted molar refractivity (Wildman–Crippen MR) is 65.1 cm³/mol. The third-order valence-corrected chi connectivity index (χ3v) is 3.71. The minimum Gasteiger partial charge on any atom is -0.312 e. The van der Waals surface area contributed by atoms with Crippen LogP contribution in [0.3, 0.4) is 0 Å². The second-order valence-corrected chi connectivity index (χ2v) is 5.19. The lowest BCUT2D eigenvalue weighted by atomic mass is 10.0. The van der Waals surface area contributed by atoms with Gasteiger partial charge in [-0.1, -0.05) is 11.6 Å². The average Bonchev–Trinajstić information content (AvgIpc) is 2.85. The van der Waals surface area contributed by atoms with Crippen molar-refractivity contribution in [2.45, 2.75) is 51.6 Å². The summed E-state index contributed by atoms with van der Waals surface area (Å²) in [5, 5.41) is 3.65. The summed E-state index contributed by atoms with van der Waals surface area (Å²) < 4.78 is 0. The van der Waals surface area contributed by atoms with E-state index in [1.165, 1.54) is 44.3 Å². The van der Waals surface area contributed by atoms with E-state index in [9.17, 15) is 0 Å². The van der Waals surface area contributed by atoms with E-state index in [4.69, 9.17) is 0 Å². The first-order chi connectivity index (χ1) is 7.27. The lowest BCUT2D eigenvalue weighted by Gasteiger charge is -2.28. The molecule has 0 aliphatic carbocycles. The minimum absolute atomic E-state index is 0.776. The summed E-state index contributed by atoms with van der Waals surface area (Å²) in [4.78, 5) is 2.66. The third-order valence-electron chi connectivity index (χ3n) is 3.71. The zero-order chi connectivity index (χ0) is 10.7. The highest BCUT2D eigenvalue weighted by atomic mass is 15.2. The Kier molecular flexibility index (Phi) is 3.81. The van der Waals surface area contributed by atoms with Crippen LogP contribution in [0.1, 0.15) is 39.5 Å². The molecule has 0 aromatic heterocycles. The van der Waals surface area contributed by atoms with Crippen LogP contribution in [0.4, 0.5) is 0 Å². The van der Waals surface area contributed by atoms with E-state index in [1.807, 2.05) is 0 Å². The normalized spacial score (nSPS) is 32.1. The fraction of sp³-hybridized carbons (Fsp3) is 0.846. The van der Waals surface area contributed by atoms with Crippen LogP contribution >= 0.6 is 0 Å². The van der Waals surface area contributed by atoms with Gasteiger partial charge in [-0.3, -0.25) is 4.90 Å². The molecule has 2 aliphatic heterocycles. The van der Waals surface area contributed by atoms with Gasteiger partial charge in [0.05, 0.1) is 0 Å². The van der Waals surface area contributed by atoms with Crippen LogP contribution in [0.2, 0.25) is 0 Å². The molecule has 2 rings (SSSR count). The number of nitrogens with zero attached hydrogens (tertiary/aromatic N) is 1. The molecule has 0 radical (unpaired) electrons. The molecule has 0 spiro atoms. The molecule has 0 bridgehead atoms. The molecule has 2 unspecified atom stereocenters. The first kappa shape index (κ1) is 11.2. The van der Waals surface area contributed by atoms with Crippen molar-refractivity contribution >= 4 is 0 Å². The molecule has 2 heterocycles. The zero-order valence-electron chi connectivity index (χ0n) is 10.1. The highest BCUT2D eigenvalue weighted by molar-refractivity contribution is 4.99. The van der Waals surface area contributed by atoms with E-state index >= 15 is 0 Å². The van der Waals surface area contributed by atoms with Crippen molar-refractivity contribution in [3.8, 4) is 0 Å². The van der Waals surface area contributed by atoms with E-state index in [2.05, 4.69) is 30.1 Å². The lowest BCUT2D eigenvalue weighted by Crippen LogP contribution is -2.43. The Morgan fingerprint density at radius 2 is 2.20 bits per heavy atom. The van der Waals surface area contributed by atoms with Crippen molar-refractivity contribution in [2.75, 3.05) is 19.6 Å². The maximum Gasteiger partial charge on any atom is 0.0253 e. The van der Waals surface area contributed by atoms with Gasteiger partial charge in [-0.25, -0.2) is 0 Å². The summed E-state index contributed by atoms with van der Waals surface area (Å²) in [6.07, 6.45) is 7.91. The molecular weight excluding hydrogens is 184 g/mol. The van der Waals surface area contributed by atoms with Crippen molar-refractivity contribution < 1.29 is 0 Å². The Hall–Kier alpha value is -0.340. The van der Waals surface area contributed by atoms with E-state index in [1.54, 1.807) is 0 Å². The monoisotopic (exact) mass is 208 g/mol. The lowest BCUT2D eigenvalue weighted by molar-refractivity contribution is 0.234. The van der Waals surface area contributed by atoms with Crippen molar-refractivity contribution in [3.05, 3.63) is 11.6 Å². The van der Waals surface area contributed by atoms with Crippen molar-refractivity contribution in [1.82, 2.24) is 10.2 Å². The van der Waals surface area contributed by atoms with Gasteiger partial charge in [-0.05, 0) is 52.6 Å². The molecule has 86 valence electrons. The largest absolute Gasteiger partial charge is 0.312 e. The van der Waals surface area contributed by atoms with Gasteiger partial charge in [0.1, 0.15) is 0 Å². The fourth-order valence-electron chi connectivity index (χ4n) is 2.87. The molecule has 2 nitrogen and oxygen atoms in total. The molecule has 0 amide bonds. The molecule has 0 aromatic carbocycles. The third kappa shape index (κ3) is 2.82. The first-order valence-corrected chi connectivity index (χ1v) is 6.38. The Labute approximate surface area is 93.7 Å². The summed E-state index contributed by atoms with van der Waals surface area (Å²) in [6.45, 7) is 8.08.